The molecule has 1 fully saturated rings. The summed E-state index contributed by atoms with van der Waals surface area (Å²) in [7, 11) is 0. The molecule has 0 saturated carbocycles. The lowest BCUT2D eigenvalue weighted by Gasteiger charge is -2.27. The second-order valence-electron chi connectivity index (χ2n) is 6.23. The van der Waals surface area contributed by atoms with Crippen LogP contribution < -0.4 is 10.1 Å². The summed E-state index contributed by atoms with van der Waals surface area (Å²) < 4.78 is 44.2. The highest BCUT2D eigenvalue weighted by Gasteiger charge is 2.57. The van der Waals surface area contributed by atoms with Crippen LogP contribution in [0.3, 0.4) is 0 Å². The molecule has 3 rings (SSSR count). The van der Waals surface area contributed by atoms with Gasteiger partial charge in [0.1, 0.15) is 5.75 Å². The summed E-state index contributed by atoms with van der Waals surface area (Å²) in [5.74, 6) is 0.675. The van der Waals surface area contributed by atoms with Crippen molar-refractivity contribution in [2.45, 2.75) is 37.1 Å². The van der Waals surface area contributed by atoms with Gasteiger partial charge in [-0.25, -0.2) is 4.79 Å². The number of aliphatic hydroxyl groups is 1. The van der Waals surface area contributed by atoms with Crippen LogP contribution in [0.15, 0.2) is 24.3 Å². The molecule has 0 aromatic heterocycles. The van der Waals surface area contributed by atoms with Gasteiger partial charge in [0.25, 0.3) is 0 Å². The third-order valence-corrected chi connectivity index (χ3v) is 4.55. The first kappa shape index (κ1) is 16.9. The average molecular weight is 344 g/mol. The smallest absolute Gasteiger partial charge is 0.419 e. The predicted molar refractivity (Wildman–Crippen MR) is 79.6 cm³/mol. The van der Waals surface area contributed by atoms with E-state index in [1.54, 1.807) is 6.07 Å². The minimum Gasteiger partial charge on any atom is -0.493 e. The number of halogens is 3. The molecule has 132 valence electrons. The molecule has 2 N–H and O–H groups in total. The van der Waals surface area contributed by atoms with Gasteiger partial charge in [-0.15, -0.1) is 0 Å². The molecule has 5 nitrogen and oxygen atoms in total. The van der Waals surface area contributed by atoms with E-state index in [4.69, 9.17) is 4.74 Å². The Morgan fingerprint density at radius 1 is 1.38 bits per heavy atom. The fourth-order valence-corrected chi connectivity index (χ4v) is 3.11. The molecule has 24 heavy (non-hydrogen) atoms. The molecule has 1 aromatic carbocycles. The van der Waals surface area contributed by atoms with Crippen LogP contribution in [0.5, 0.6) is 5.75 Å². The lowest BCUT2D eigenvalue weighted by atomic mass is 10.0. The maximum absolute atomic E-state index is 12.9. The molecule has 2 atom stereocenters. The summed E-state index contributed by atoms with van der Waals surface area (Å²) in [5.41, 5.74) is -2.01. The SMILES string of the molecule is O=C(NC1CCCOc2ccccc21)N1CCC(O)(C(F)(F)F)C1. The highest BCUT2D eigenvalue weighted by atomic mass is 19.4. The summed E-state index contributed by atoms with van der Waals surface area (Å²) in [6.45, 7) is -0.346. The molecule has 2 aliphatic heterocycles. The molecule has 1 saturated heterocycles. The number of fused-ring (bicyclic) bond motifs is 1. The molecule has 2 aliphatic rings. The number of nitrogens with zero attached hydrogens (tertiary/aromatic N) is 1. The van der Waals surface area contributed by atoms with Crippen LogP contribution in [0.25, 0.3) is 0 Å². The summed E-state index contributed by atoms with van der Waals surface area (Å²) in [6.07, 6.45) is -3.88. The number of carbonyl (C=O) groups is 1. The zero-order valence-corrected chi connectivity index (χ0v) is 13.0. The van der Waals surface area contributed by atoms with Crippen molar-refractivity contribution >= 4 is 6.03 Å². The van der Waals surface area contributed by atoms with Crippen LogP contribution in [0.4, 0.5) is 18.0 Å². The Morgan fingerprint density at radius 2 is 2.12 bits per heavy atom. The van der Waals surface area contributed by atoms with Gasteiger partial charge in [-0.05, 0) is 18.9 Å². The minimum atomic E-state index is -4.75. The van der Waals surface area contributed by atoms with Crippen molar-refractivity contribution in [2.24, 2.45) is 0 Å². The lowest BCUT2D eigenvalue weighted by Crippen LogP contribution is -2.49. The molecule has 0 radical (unpaired) electrons. The predicted octanol–water partition coefficient (Wildman–Crippen LogP) is 2.61. The Hall–Kier alpha value is -1.96. The van der Waals surface area contributed by atoms with Gasteiger partial charge in [0, 0.05) is 18.5 Å². The van der Waals surface area contributed by atoms with Gasteiger partial charge in [0.2, 0.25) is 0 Å². The number of likely N-dealkylation sites (tertiary alicyclic amines) is 1. The van der Waals surface area contributed by atoms with Crippen molar-refractivity contribution in [1.82, 2.24) is 10.2 Å². The third-order valence-electron chi connectivity index (χ3n) is 4.55. The van der Waals surface area contributed by atoms with E-state index in [0.29, 0.717) is 18.8 Å². The van der Waals surface area contributed by atoms with E-state index in [9.17, 15) is 23.1 Å². The standard InChI is InChI=1S/C16H19F3N2O3/c17-16(18,19)15(23)7-8-21(10-15)14(22)20-12-5-3-9-24-13-6-2-1-4-11(12)13/h1-2,4,6,12,23H,3,5,7-10H2,(H,20,22). The first-order chi connectivity index (χ1) is 11.3. The Balaban J connectivity index is 1.70. The Bertz CT molecular complexity index is 623. The summed E-state index contributed by atoms with van der Waals surface area (Å²) in [5, 5.41) is 12.5. The van der Waals surface area contributed by atoms with Crippen LogP contribution in [0.2, 0.25) is 0 Å². The zero-order valence-electron chi connectivity index (χ0n) is 13.0. The van der Waals surface area contributed by atoms with Crippen LogP contribution in [0, 0.1) is 0 Å². The number of benzene rings is 1. The van der Waals surface area contributed by atoms with Gasteiger partial charge in [0.05, 0.1) is 19.2 Å². The number of β-amino-alcohol motifs (C(OH)–C–C–N with tert-alkyl or cyclic N) is 1. The van der Waals surface area contributed by atoms with Crippen LogP contribution in [0.1, 0.15) is 30.9 Å². The van der Waals surface area contributed by atoms with E-state index in [1.165, 1.54) is 0 Å². The number of rotatable bonds is 1. The van der Waals surface area contributed by atoms with Gasteiger partial charge in [-0.2, -0.15) is 13.2 Å². The van der Waals surface area contributed by atoms with Gasteiger partial charge < -0.3 is 20.1 Å². The van der Waals surface area contributed by atoms with Crippen molar-refractivity contribution in [3.8, 4) is 5.75 Å². The van der Waals surface area contributed by atoms with Crippen LogP contribution in [-0.2, 0) is 0 Å². The number of amides is 2. The number of hydrogen-bond donors (Lipinski definition) is 2. The fourth-order valence-electron chi connectivity index (χ4n) is 3.11. The summed E-state index contributed by atoms with van der Waals surface area (Å²) in [6, 6.07) is 6.37. The molecule has 0 aliphatic carbocycles. The number of hydrogen-bond acceptors (Lipinski definition) is 3. The van der Waals surface area contributed by atoms with E-state index in [1.807, 2.05) is 18.2 Å². The monoisotopic (exact) mass is 344 g/mol. The van der Waals surface area contributed by atoms with Crippen molar-refractivity contribution in [1.29, 1.82) is 0 Å². The maximum Gasteiger partial charge on any atom is 0.419 e. The molecule has 0 bridgehead atoms. The van der Waals surface area contributed by atoms with Crippen molar-refractivity contribution in [3.05, 3.63) is 29.8 Å². The van der Waals surface area contributed by atoms with Gasteiger partial charge in [-0.3, -0.25) is 0 Å². The molecule has 8 heteroatoms. The number of carbonyl (C=O) groups excluding carboxylic acids is 1. The first-order valence-electron chi connectivity index (χ1n) is 7.86. The topological polar surface area (TPSA) is 61.8 Å². The summed E-state index contributed by atoms with van der Waals surface area (Å²) in [4.78, 5) is 13.4. The Kier molecular flexibility index (Phi) is 4.33. The molecule has 2 amide bonds. The van der Waals surface area contributed by atoms with Gasteiger partial charge in [0.15, 0.2) is 5.60 Å². The van der Waals surface area contributed by atoms with Crippen LogP contribution in [-0.4, -0.2) is 47.5 Å². The molecule has 2 unspecified atom stereocenters. The lowest BCUT2D eigenvalue weighted by molar-refractivity contribution is -0.253. The molecular weight excluding hydrogens is 325 g/mol. The number of alkyl halides is 3. The quantitative estimate of drug-likeness (QED) is 0.823. The highest BCUT2D eigenvalue weighted by Crippen LogP contribution is 2.38. The second-order valence-corrected chi connectivity index (χ2v) is 6.23. The fraction of sp³-hybridized carbons (Fsp3) is 0.562. The minimum absolute atomic E-state index is 0.132. The normalized spacial score (nSPS) is 27.2. The van der Waals surface area contributed by atoms with E-state index in [-0.39, 0.29) is 12.6 Å². The van der Waals surface area contributed by atoms with E-state index < -0.39 is 30.8 Å². The first-order valence-corrected chi connectivity index (χ1v) is 7.86. The molecular formula is C16H19F3N2O3. The van der Waals surface area contributed by atoms with Crippen molar-refractivity contribution < 1.29 is 27.8 Å². The van der Waals surface area contributed by atoms with Crippen molar-refractivity contribution in [2.75, 3.05) is 19.7 Å². The van der Waals surface area contributed by atoms with E-state index in [2.05, 4.69) is 5.32 Å². The molecule has 2 heterocycles. The number of para-hydroxylation sites is 1. The zero-order chi connectivity index (χ0) is 17.4. The Morgan fingerprint density at radius 3 is 2.83 bits per heavy atom. The molecule has 1 aromatic rings. The van der Waals surface area contributed by atoms with E-state index in [0.717, 1.165) is 16.9 Å². The molecule has 0 spiro atoms. The largest absolute Gasteiger partial charge is 0.493 e. The van der Waals surface area contributed by atoms with Gasteiger partial charge >= 0.3 is 12.2 Å². The highest BCUT2D eigenvalue weighted by molar-refractivity contribution is 5.75. The average Bonchev–Trinajstić information content (AvgIpc) is 2.83. The van der Waals surface area contributed by atoms with Gasteiger partial charge in [-0.1, -0.05) is 18.2 Å². The summed E-state index contributed by atoms with van der Waals surface area (Å²) >= 11 is 0. The Labute approximate surface area is 137 Å². The maximum atomic E-state index is 12.9. The van der Waals surface area contributed by atoms with Crippen molar-refractivity contribution in [3.63, 3.8) is 0 Å². The number of ether oxygens (including phenoxy) is 1. The third kappa shape index (κ3) is 3.15. The number of urea groups is 1. The van der Waals surface area contributed by atoms with E-state index >= 15 is 0 Å². The number of nitrogens with one attached hydrogen (secondary N) is 1. The van der Waals surface area contributed by atoms with Crippen LogP contribution >= 0.6 is 0 Å². The second kappa shape index (κ2) is 6.16.